The van der Waals surface area contributed by atoms with Gasteiger partial charge in [0.05, 0.1) is 0 Å². The highest BCUT2D eigenvalue weighted by Crippen LogP contribution is 2.22. The van der Waals surface area contributed by atoms with Gasteiger partial charge in [-0.15, -0.1) is 0 Å². The average Bonchev–Trinajstić information content (AvgIpc) is 3.13. The Morgan fingerprint density at radius 1 is 1.08 bits per heavy atom. The lowest BCUT2D eigenvalue weighted by Crippen LogP contribution is -2.47. The zero-order valence-electron chi connectivity index (χ0n) is 15.1. The second-order valence-electron chi connectivity index (χ2n) is 7.27. The summed E-state index contributed by atoms with van der Waals surface area (Å²) in [6, 6.07) is 1.83. The van der Waals surface area contributed by atoms with Gasteiger partial charge >= 0.3 is 0 Å². The van der Waals surface area contributed by atoms with Gasteiger partial charge in [-0.05, 0) is 38.3 Å². The molecule has 1 atom stereocenters. The smallest absolute Gasteiger partial charge is 0.244 e. The summed E-state index contributed by atoms with van der Waals surface area (Å²) in [5.74, 6) is 0.832. The quantitative estimate of drug-likeness (QED) is 0.786. The SMILES string of the molecule is CN1CCN(C(=O)CCC2CCCN(C(=O)Cn3cccn3)C2)CC1. The molecule has 2 aliphatic heterocycles. The van der Waals surface area contributed by atoms with Gasteiger partial charge in [-0.25, -0.2) is 0 Å². The van der Waals surface area contributed by atoms with Crippen molar-refractivity contribution < 1.29 is 9.59 Å². The van der Waals surface area contributed by atoms with Crippen molar-refractivity contribution in [1.29, 1.82) is 0 Å². The summed E-state index contributed by atoms with van der Waals surface area (Å²) in [4.78, 5) is 31.0. The van der Waals surface area contributed by atoms with E-state index < -0.39 is 0 Å². The molecule has 0 aromatic carbocycles. The summed E-state index contributed by atoms with van der Waals surface area (Å²) in [6.45, 7) is 5.51. The molecule has 2 aliphatic rings. The largest absolute Gasteiger partial charge is 0.341 e. The number of carbonyl (C=O) groups is 2. The number of hydrogen-bond acceptors (Lipinski definition) is 4. The van der Waals surface area contributed by atoms with Crippen LogP contribution in [0.15, 0.2) is 18.5 Å². The molecule has 3 heterocycles. The van der Waals surface area contributed by atoms with E-state index in [0.717, 1.165) is 58.5 Å². The maximum Gasteiger partial charge on any atom is 0.244 e. The Hall–Kier alpha value is -1.89. The Balaban J connectivity index is 1.42. The number of likely N-dealkylation sites (tertiary alicyclic amines) is 1. The lowest BCUT2D eigenvalue weighted by molar-refractivity contribution is -0.134. The van der Waals surface area contributed by atoms with Gasteiger partial charge in [-0.2, -0.15) is 5.10 Å². The Kier molecular flexibility index (Phi) is 6.07. The van der Waals surface area contributed by atoms with Crippen molar-refractivity contribution in [1.82, 2.24) is 24.5 Å². The molecule has 138 valence electrons. The molecule has 2 saturated heterocycles. The minimum absolute atomic E-state index is 0.124. The molecule has 1 aromatic rings. The van der Waals surface area contributed by atoms with Gasteiger partial charge in [0.25, 0.3) is 0 Å². The molecule has 0 bridgehead atoms. The molecule has 25 heavy (non-hydrogen) atoms. The van der Waals surface area contributed by atoms with Crippen LogP contribution in [-0.4, -0.2) is 82.6 Å². The Labute approximate surface area is 149 Å². The number of likely N-dealkylation sites (N-methyl/N-ethyl adjacent to an activating group) is 1. The number of aromatic nitrogens is 2. The standard InChI is InChI=1S/C18H29N5O2/c1-20-10-12-21(13-11-20)17(24)6-5-16-4-2-8-22(14-16)18(25)15-23-9-3-7-19-23/h3,7,9,16H,2,4-6,8,10-15H2,1H3. The molecule has 0 spiro atoms. The summed E-state index contributed by atoms with van der Waals surface area (Å²) in [7, 11) is 2.10. The third-order valence-corrected chi connectivity index (χ3v) is 5.35. The lowest BCUT2D eigenvalue weighted by atomic mass is 9.93. The van der Waals surface area contributed by atoms with E-state index in [9.17, 15) is 9.59 Å². The van der Waals surface area contributed by atoms with Gasteiger partial charge < -0.3 is 14.7 Å². The predicted octanol–water partition coefficient (Wildman–Crippen LogP) is 0.676. The molecule has 1 unspecified atom stereocenters. The Morgan fingerprint density at radius 2 is 1.88 bits per heavy atom. The first-order valence-electron chi connectivity index (χ1n) is 9.33. The minimum atomic E-state index is 0.124. The van der Waals surface area contributed by atoms with Gasteiger partial charge in [0.1, 0.15) is 6.54 Å². The lowest BCUT2D eigenvalue weighted by Gasteiger charge is -2.34. The number of hydrogen-bond donors (Lipinski definition) is 0. The van der Waals surface area contributed by atoms with E-state index in [1.165, 1.54) is 0 Å². The van der Waals surface area contributed by atoms with Crippen molar-refractivity contribution >= 4 is 11.8 Å². The first kappa shape index (κ1) is 17.9. The molecule has 2 amide bonds. The van der Waals surface area contributed by atoms with Crippen molar-refractivity contribution in [3.05, 3.63) is 18.5 Å². The zero-order valence-corrected chi connectivity index (χ0v) is 15.1. The van der Waals surface area contributed by atoms with E-state index in [4.69, 9.17) is 0 Å². The number of rotatable bonds is 5. The van der Waals surface area contributed by atoms with Gasteiger partial charge in [0.15, 0.2) is 0 Å². The van der Waals surface area contributed by atoms with Gasteiger partial charge in [0.2, 0.25) is 11.8 Å². The van der Waals surface area contributed by atoms with Crippen LogP contribution < -0.4 is 0 Å². The first-order valence-corrected chi connectivity index (χ1v) is 9.33. The van der Waals surface area contributed by atoms with Gasteiger partial charge in [-0.3, -0.25) is 14.3 Å². The molecule has 0 N–H and O–H groups in total. The monoisotopic (exact) mass is 347 g/mol. The third-order valence-electron chi connectivity index (χ3n) is 5.35. The molecule has 3 rings (SSSR count). The molecule has 0 aliphatic carbocycles. The molecule has 0 radical (unpaired) electrons. The van der Waals surface area contributed by atoms with Crippen LogP contribution in [0.3, 0.4) is 0 Å². The van der Waals surface area contributed by atoms with E-state index in [1.807, 2.05) is 22.1 Å². The molecule has 1 aromatic heterocycles. The van der Waals surface area contributed by atoms with E-state index in [1.54, 1.807) is 10.9 Å². The summed E-state index contributed by atoms with van der Waals surface area (Å²) in [5.41, 5.74) is 0. The highest BCUT2D eigenvalue weighted by molar-refractivity contribution is 5.77. The topological polar surface area (TPSA) is 61.7 Å². The van der Waals surface area contributed by atoms with Crippen molar-refractivity contribution in [2.24, 2.45) is 5.92 Å². The fraction of sp³-hybridized carbons (Fsp3) is 0.722. The molecular weight excluding hydrogens is 318 g/mol. The van der Waals surface area contributed by atoms with E-state index in [2.05, 4.69) is 17.0 Å². The van der Waals surface area contributed by atoms with Crippen LogP contribution in [0.1, 0.15) is 25.7 Å². The Morgan fingerprint density at radius 3 is 2.60 bits per heavy atom. The van der Waals surface area contributed by atoms with E-state index in [-0.39, 0.29) is 11.8 Å². The summed E-state index contributed by atoms with van der Waals surface area (Å²) < 4.78 is 1.67. The highest BCUT2D eigenvalue weighted by atomic mass is 16.2. The van der Waals surface area contributed by atoms with Crippen molar-refractivity contribution in [2.75, 3.05) is 46.3 Å². The van der Waals surface area contributed by atoms with Crippen LogP contribution in [0.4, 0.5) is 0 Å². The van der Waals surface area contributed by atoms with Gasteiger partial charge in [-0.1, -0.05) is 0 Å². The van der Waals surface area contributed by atoms with Crippen LogP contribution in [0.5, 0.6) is 0 Å². The number of nitrogens with zero attached hydrogens (tertiary/aromatic N) is 5. The number of piperidine rings is 1. The fourth-order valence-corrected chi connectivity index (χ4v) is 3.70. The number of carbonyl (C=O) groups excluding carboxylic acids is 2. The average molecular weight is 347 g/mol. The number of amides is 2. The fourth-order valence-electron chi connectivity index (χ4n) is 3.70. The molecule has 7 heteroatoms. The van der Waals surface area contributed by atoms with E-state index in [0.29, 0.717) is 18.9 Å². The first-order chi connectivity index (χ1) is 12.1. The molecule has 2 fully saturated rings. The number of piperazine rings is 1. The second kappa shape index (κ2) is 8.47. The van der Waals surface area contributed by atoms with Crippen LogP contribution in [0.25, 0.3) is 0 Å². The van der Waals surface area contributed by atoms with Crippen LogP contribution in [0, 0.1) is 5.92 Å². The minimum Gasteiger partial charge on any atom is -0.341 e. The van der Waals surface area contributed by atoms with Crippen LogP contribution in [-0.2, 0) is 16.1 Å². The van der Waals surface area contributed by atoms with Crippen molar-refractivity contribution in [2.45, 2.75) is 32.2 Å². The maximum atomic E-state index is 12.4. The molecule has 0 saturated carbocycles. The maximum absolute atomic E-state index is 12.4. The molecule has 7 nitrogen and oxygen atoms in total. The van der Waals surface area contributed by atoms with E-state index >= 15 is 0 Å². The van der Waals surface area contributed by atoms with Crippen LogP contribution in [0.2, 0.25) is 0 Å². The summed E-state index contributed by atoms with van der Waals surface area (Å²) in [6.07, 6.45) is 7.14. The third kappa shape index (κ3) is 5.04. The van der Waals surface area contributed by atoms with Gasteiger partial charge in [0, 0.05) is 58.1 Å². The highest BCUT2D eigenvalue weighted by Gasteiger charge is 2.25. The van der Waals surface area contributed by atoms with Crippen molar-refractivity contribution in [3.63, 3.8) is 0 Å². The summed E-state index contributed by atoms with van der Waals surface area (Å²) >= 11 is 0. The Bertz CT molecular complexity index is 566. The zero-order chi connectivity index (χ0) is 17.6. The van der Waals surface area contributed by atoms with Crippen molar-refractivity contribution in [3.8, 4) is 0 Å². The van der Waals surface area contributed by atoms with Crippen LogP contribution >= 0.6 is 0 Å². The molecular formula is C18H29N5O2. The second-order valence-corrected chi connectivity index (χ2v) is 7.27. The predicted molar refractivity (Wildman–Crippen MR) is 94.8 cm³/mol. The normalized spacial score (nSPS) is 22.2. The summed E-state index contributed by atoms with van der Waals surface area (Å²) in [5, 5.41) is 4.10.